The monoisotopic (exact) mass is 424 g/mol. The molecule has 0 aliphatic carbocycles. The molecule has 0 aromatic rings. The molecule has 0 heterocycles. The molecular weight excluding hydrogens is 368 g/mol. The molecule has 0 aromatic heterocycles. The summed E-state index contributed by atoms with van der Waals surface area (Å²) < 4.78 is 5.38. The number of hydrogen-bond acceptors (Lipinski definition) is 2. The predicted octanol–water partition coefficient (Wildman–Crippen LogP) is 9.79. The number of rotatable bonds is 24. The lowest BCUT2D eigenvalue weighted by molar-refractivity contribution is -0.143. The van der Waals surface area contributed by atoms with Gasteiger partial charge in [0.25, 0.3) is 0 Å². The van der Waals surface area contributed by atoms with Gasteiger partial charge in [0.15, 0.2) is 0 Å². The van der Waals surface area contributed by atoms with Gasteiger partial charge in [-0.15, -0.1) is 0 Å². The van der Waals surface area contributed by atoms with E-state index in [0.29, 0.717) is 13.0 Å². The molecule has 180 valence electrons. The average Bonchev–Trinajstić information content (AvgIpc) is 2.72. The van der Waals surface area contributed by atoms with Gasteiger partial charge in [0, 0.05) is 6.42 Å². The molecule has 0 N–H and O–H groups in total. The van der Waals surface area contributed by atoms with Gasteiger partial charge in [0.05, 0.1) is 6.61 Å². The lowest BCUT2D eigenvalue weighted by Crippen LogP contribution is -2.05. The molecule has 0 amide bonds. The van der Waals surface area contributed by atoms with Gasteiger partial charge in [-0.25, -0.2) is 0 Å². The summed E-state index contributed by atoms with van der Waals surface area (Å²) in [6.45, 7) is 7.52. The van der Waals surface area contributed by atoms with Crippen LogP contribution >= 0.6 is 0 Å². The third-order valence-corrected chi connectivity index (χ3v) is 6.17. The summed E-state index contributed by atoms with van der Waals surface area (Å²) in [5.74, 6) is 0.867. The molecule has 0 aromatic carbocycles. The summed E-state index contributed by atoms with van der Waals surface area (Å²) in [5.41, 5.74) is 0. The molecule has 0 bridgehead atoms. The molecule has 0 atom stereocenters. The molecule has 0 aliphatic rings. The normalized spacial score (nSPS) is 11.3. The molecule has 0 saturated heterocycles. The van der Waals surface area contributed by atoms with E-state index >= 15 is 0 Å². The second-order valence-electron chi connectivity index (χ2n) is 9.87. The van der Waals surface area contributed by atoms with Crippen LogP contribution in [0.3, 0.4) is 0 Å². The molecule has 0 spiro atoms. The van der Waals surface area contributed by atoms with Crippen molar-refractivity contribution in [3.63, 3.8) is 0 Å². The Kier molecular flexibility index (Phi) is 24.3. The number of unbranched alkanes of at least 4 members (excludes halogenated alkanes) is 18. The van der Waals surface area contributed by atoms with Gasteiger partial charge in [0.2, 0.25) is 0 Å². The standard InChI is InChI=1S/C28H56O2/c1-4-5-6-7-8-9-10-11-12-13-16-19-22-25-28(29)30-26-23-20-17-14-15-18-21-24-27(2)3/h27H,4-26H2,1-3H3. The van der Waals surface area contributed by atoms with Crippen LogP contribution in [0.4, 0.5) is 0 Å². The molecule has 0 fully saturated rings. The molecule has 2 nitrogen and oxygen atoms in total. The number of ether oxygens (including phenoxy) is 1. The number of carbonyl (C=O) groups excluding carboxylic acids is 1. The highest BCUT2D eigenvalue weighted by Gasteiger charge is 2.02. The van der Waals surface area contributed by atoms with E-state index in [1.807, 2.05) is 0 Å². The first kappa shape index (κ1) is 29.5. The van der Waals surface area contributed by atoms with Gasteiger partial charge in [-0.3, -0.25) is 4.79 Å². The number of carbonyl (C=O) groups is 1. The Morgan fingerprint density at radius 2 is 0.967 bits per heavy atom. The summed E-state index contributed by atoms with van der Waals surface area (Å²) in [4.78, 5) is 11.8. The van der Waals surface area contributed by atoms with E-state index in [1.165, 1.54) is 122 Å². The van der Waals surface area contributed by atoms with Crippen LogP contribution in [0.1, 0.15) is 162 Å². The summed E-state index contributed by atoms with van der Waals surface area (Å²) in [5, 5.41) is 0. The fourth-order valence-electron chi connectivity index (χ4n) is 4.08. The molecule has 2 heteroatoms. The Hall–Kier alpha value is -0.530. The van der Waals surface area contributed by atoms with Crippen LogP contribution in [-0.4, -0.2) is 12.6 Å². The second kappa shape index (κ2) is 24.7. The van der Waals surface area contributed by atoms with Crippen LogP contribution in [0.5, 0.6) is 0 Å². The third kappa shape index (κ3) is 25.5. The van der Waals surface area contributed by atoms with Crippen LogP contribution in [0.25, 0.3) is 0 Å². The van der Waals surface area contributed by atoms with E-state index in [9.17, 15) is 4.79 Å². The first-order chi connectivity index (χ1) is 14.7. The van der Waals surface area contributed by atoms with Crippen molar-refractivity contribution in [2.24, 2.45) is 5.92 Å². The Morgan fingerprint density at radius 3 is 1.43 bits per heavy atom. The van der Waals surface area contributed by atoms with Gasteiger partial charge in [-0.2, -0.15) is 0 Å². The van der Waals surface area contributed by atoms with E-state index in [0.717, 1.165) is 18.8 Å². The van der Waals surface area contributed by atoms with Crippen molar-refractivity contribution in [1.82, 2.24) is 0 Å². The summed E-state index contributed by atoms with van der Waals surface area (Å²) in [6.07, 6.45) is 28.4. The Morgan fingerprint density at radius 1 is 0.567 bits per heavy atom. The minimum Gasteiger partial charge on any atom is -0.466 e. The van der Waals surface area contributed by atoms with Gasteiger partial charge in [-0.1, -0.05) is 143 Å². The van der Waals surface area contributed by atoms with Gasteiger partial charge in [0.1, 0.15) is 0 Å². The molecule has 0 aliphatic heterocycles. The topological polar surface area (TPSA) is 26.3 Å². The van der Waals surface area contributed by atoms with Crippen molar-refractivity contribution in [1.29, 1.82) is 0 Å². The SMILES string of the molecule is CCCCCCCCCCCCCCCC(=O)OCCCCCCCCCC(C)C. The molecule has 0 saturated carbocycles. The zero-order valence-corrected chi connectivity index (χ0v) is 21.2. The van der Waals surface area contributed by atoms with Gasteiger partial charge in [-0.05, 0) is 18.8 Å². The van der Waals surface area contributed by atoms with Crippen molar-refractivity contribution in [2.75, 3.05) is 6.61 Å². The van der Waals surface area contributed by atoms with Crippen LogP contribution in [0.15, 0.2) is 0 Å². The van der Waals surface area contributed by atoms with E-state index in [-0.39, 0.29) is 5.97 Å². The highest BCUT2D eigenvalue weighted by atomic mass is 16.5. The first-order valence-corrected chi connectivity index (χ1v) is 13.8. The maximum atomic E-state index is 11.8. The van der Waals surface area contributed by atoms with E-state index < -0.39 is 0 Å². The smallest absolute Gasteiger partial charge is 0.305 e. The quantitative estimate of drug-likeness (QED) is 0.114. The molecular formula is C28H56O2. The van der Waals surface area contributed by atoms with Gasteiger partial charge < -0.3 is 4.74 Å². The zero-order chi connectivity index (χ0) is 22.1. The van der Waals surface area contributed by atoms with E-state index in [2.05, 4.69) is 20.8 Å². The highest BCUT2D eigenvalue weighted by Crippen LogP contribution is 2.14. The number of hydrogen-bond donors (Lipinski definition) is 0. The maximum Gasteiger partial charge on any atom is 0.305 e. The van der Waals surface area contributed by atoms with Crippen LogP contribution in [0, 0.1) is 5.92 Å². The Balaban J connectivity index is 3.15. The number of esters is 1. The second-order valence-corrected chi connectivity index (χ2v) is 9.87. The van der Waals surface area contributed by atoms with Crippen molar-refractivity contribution < 1.29 is 9.53 Å². The lowest BCUT2D eigenvalue weighted by atomic mass is 10.0. The molecule has 0 rings (SSSR count). The first-order valence-electron chi connectivity index (χ1n) is 13.8. The third-order valence-electron chi connectivity index (χ3n) is 6.17. The summed E-state index contributed by atoms with van der Waals surface area (Å²) >= 11 is 0. The summed E-state index contributed by atoms with van der Waals surface area (Å²) in [6, 6.07) is 0. The van der Waals surface area contributed by atoms with Crippen molar-refractivity contribution in [3.8, 4) is 0 Å². The maximum absolute atomic E-state index is 11.8. The Bertz CT molecular complexity index is 338. The highest BCUT2D eigenvalue weighted by molar-refractivity contribution is 5.69. The Labute approximate surface area is 190 Å². The summed E-state index contributed by atoms with van der Waals surface area (Å²) in [7, 11) is 0. The zero-order valence-electron chi connectivity index (χ0n) is 21.2. The average molecular weight is 425 g/mol. The molecule has 0 unspecified atom stereocenters. The largest absolute Gasteiger partial charge is 0.466 e. The van der Waals surface area contributed by atoms with E-state index in [4.69, 9.17) is 4.74 Å². The minimum absolute atomic E-state index is 0.0201. The molecule has 30 heavy (non-hydrogen) atoms. The van der Waals surface area contributed by atoms with Crippen LogP contribution in [-0.2, 0) is 9.53 Å². The minimum atomic E-state index is 0.0201. The van der Waals surface area contributed by atoms with Crippen LogP contribution < -0.4 is 0 Å². The van der Waals surface area contributed by atoms with Crippen molar-refractivity contribution in [3.05, 3.63) is 0 Å². The fourth-order valence-corrected chi connectivity index (χ4v) is 4.08. The fraction of sp³-hybridized carbons (Fsp3) is 0.964. The van der Waals surface area contributed by atoms with Crippen molar-refractivity contribution >= 4 is 5.97 Å². The van der Waals surface area contributed by atoms with Gasteiger partial charge >= 0.3 is 5.97 Å². The lowest BCUT2D eigenvalue weighted by Gasteiger charge is -2.06. The van der Waals surface area contributed by atoms with Crippen molar-refractivity contribution in [2.45, 2.75) is 162 Å². The molecule has 0 radical (unpaired) electrons. The van der Waals surface area contributed by atoms with Crippen LogP contribution in [0.2, 0.25) is 0 Å². The van der Waals surface area contributed by atoms with E-state index in [1.54, 1.807) is 0 Å². The predicted molar refractivity (Wildman–Crippen MR) is 133 cm³/mol.